The van der Waals surface area contributed by atoms with E-state index in [0.29, 0.717) is 18.8 Å². The first-order valence-electron chi connectivity index (χ1n) is 6.43. The van der Waals surface area contributed by atoms with Crippen LogP contribution in [0.4, 0.5) is 4.39 Å². The van der Waals surface area contributed by atoms with Gasteiger partial charge in [0.05, 0.1) is 19.2 Å². The Morgan fingerprint density at radius 2 is 2.05 bits per heavy atom. The van der Waals surface area contributed by atoms with Gasteiger partial charge >= 0.3 is 0 Å². The molecular formula is C14H19FN2O3. The standard InChI is InChI=1S/C14H19FN2O3/c1-4-16-13(18)9-17(5-2)14(19)11-7-6-10(20-3)8-12(11)15/h6-8H,4-5,9H2,1-3H3,(H,16,18). The number of methoxy groups -OCH3 is 1. The maximum absolute atomic E-state index is 13.8. The number of nitrogens with one attached hydrogen (secondary N) is 1. The van der Waals surface area contributed by atoms with Gasteiger partial charge in [-0.05, 0) is 26.0 Å². The molecule has 0 fully saturated rings. The molecule has 1 aromatic rings. The van der Waals surface area contributed by atoms with Crippen LogP contribution >= 0.6 is 0 Å². The van der Waals surface area contributed by atoms with Crippen LogP contribution < -0.4 is 10.1 Å². The van der Waals surface area contributed by atoms with Crippen molar-refractivity contribution in [1.29, 1.82) is 0 Å². The van der Waals surface area contributed by atoms with Crippen molar-refractivity contribution >= 4 is 11.8 Å². The maximum atomic E-state index is 13.8. The van der Waals surface area contributed by atoms with E-state index >= 15 is 0 Å². The predicted molar refractivity (Wildman–Crippen MR) is 73.2 cm³/mol. The van der Waals surface area contributed by atoms with Crippen molar-refractivity contribution < 1.29 is 18.7 Å². The van der Waals surface area contributed by atoms with Crippen molar-refractivity contribution in [3.8, 4) is 5.75 Å². The Hall–Kier alpha value is -2.11. The molecule has 0 spiro atoms. The zero-order chi connectivity index (χ0) is 15.1. The third-order valence-electron chi connectivity index (χ3n) is 2.78. The Balaban J connectivity index is 2.88. The van der Waals surface area contributed by atoms with Gasteiger partial charge in [-0.3, -0.25) is 9.59 Å². The Kier molecular flexibility index (Phi) is 5.96. The fraction of sp³-hybridized carbons (Fsp3) is 0.429. The van der Waals surface area contributed by atoms with Crippen LogP contribution in [0.5, 0.6) is 5.75 Å². The summed E-state index contributed by atoms with van der Waals surface area (Å²) in [7, 11) is 1.42. The molecule has 0 heterocycles. The minimum absolute atomic E-state index is 0.0723. The Bertz CT molecular complexity index is 491. The molecule has 20 heavy (non-hydrogen) atoms. The van der Waals surface area contributed by atoms with E-state index in [0.717, 1.165) is 6.07 Å². The minimum Gasteiger partial charge on any atom is -0.497 e. The van der Waals surface area contributed by atoms with Crippen LogP contribution in [0.1, 0.15) is 24.2 Å². The normalized spacial score (nSPS) is 10.0. The third-order valence-corrected chi connectivity index (χ3v) is 2.78. The van der Waals surface area contributed by atoms with Gasteiger partial charge in [0.25, 0.3) is 5.91 Å². The Morgan fingerprint density at radius 3 is 2.55 bits per heavy atom. The number of hydrogen-bond acceptors (Lipinski definition) is 3. The molecule has 0 aliphatic carbocycles. The van der Waals surface area contributed by atoms with Gasteiger partial charge in [0.2, 0.25) is 5.91 Å². The summed E-state index contributed by atoms with van der Waals surface area (Å²) in [6.07, 6.45) is 0. The zero-order valence-electron chi connectivity index (χ0n) is 11.9. The third kappa shape index (κ3) is 3.94. The van der Waals surface area contributed by atoms with E-state index in [1.165, 1.54) is 24.1 Å². The number of nitrogens with zero attached hydrogens (tertiary/aromatic N) is 1. The van der Waals surface area contributed by atoms with Crippen LogP contribution in [-0.2, 0) is 4.79 Å². The first-order chi connectivity index (χ1) is 9.53. The lowest BCUT2D eigenvalue weighted by atomic mass is 10.1. The van der Waals surface area contributed by atoms with Crippen molar-refractivity contribution in [2.75, 3.05) is 26.7 Å². The van der Waals surface area contributed by atoms with Crippen molar-refractivity contribution in [2.24, 2.45) is 0 Å². The fourth-order valence-corrected chi connectivity index (χ4v) is 1.72. The molecule has 110 valence electrons. The number of carbonyl (C=O) groups excluding carboxylic acids is 2. The molecule has 1 aromatic carbocycles. The van der Waals surface area contributed by atoms with E-state index in [1.807, 2.05) is 0 Å². The number of halogens is 1. The van der Waals surface area contributed by atoms with Gasteiger partial charge in [0.1, 0.15) is 11.6 Å². The van der Waals surface area contributed by atoms with Crippen molar-refractivity contribution in [2.45, 2.75) is 13.8 Å². The number of likely N-dealkylation sites (N-methyl/N-ethyl adjacent to an activating group) is 2. The second-order valence-corrected chi connectivity index (χ2v) is 4.12. The van der Waals surface area contributed by atoms with Crippen LogP contribution in [0.15, 0.2) is 18.2 Å². The Morgan fingerprint density at radius 1 is 1.35 bits per heavy atom. The molecule has 0 radical (unpaired) electrons. The molecular weight excluding hydrogens is 263 g/mol. The molecule has 0 bridgehead atoms. The van der Waals surface area contributed by atoms with E-state index < -0.39 is 11.7 Å². The van der Waals surface area contributed by atoms with Crippen molar-refractivity contribution in [3.63, 3.8) is 0 Å². The van der Waals surface area contributed by atoms with Crippen LogP contribution in [0.3, 0.4) is 0 Å². The average Bonchev–Trinajstić information content (AvgIpc) is 2.44. The SMILES string of the molecule is CCNC(=O)CN(CC)C(=O)c1ccc(OC)cc1F. The number of ether oxygens (including phenoxy) is 1. The quantitative estimate of drug-likeness (QED) is 0.858. The number of hydrogen-bond donors (Lipinski definition) is 1. The summed E-state index contributed by atoms with van der Waals surface area (Å²) in [6.45, 7) is 4.25. The molecule has 0 aromatic heterocycles. The van der Waals surface area contributed by atoms with Crippen LogP contribution in [0, 0.1) is 5.82 Å². The molecule has 0 aliphatic rings. The summed E-state index contributed by atoms with van der Waals surface area (Å²) >= 11 is 0. The summed E-state index contributed by atoms with van der Waals surface area (Å²) in [5.41, 5.74) is -0.0723. The van der Waals surface area contributed by atoms with E-state index in [1.54, 1.807) is 13.8 Å². The fourth-order valence-electron chi connectivity index (χ4n) is 1.72. The highest BCUT2D eigenvalue weighted by Gasteiger charge is 2.20. The van der Waals surface area contributed by atoms with Gasteiger partial charge in [-0.1, -0.05) is 0 Å². The lowest BCUT2D eigenvalue weighted by molar-refractivity contribution is -0.121. The van der Waals surface area contributed by atoms with Gasteiger partial charge in [-0.2, -0.15) is 0 Å². The topological polar surface area (TPSA) is 58.6 Å². The number of carbonyl (C=O) groups is 2. The molecule has 6 heteroatoms. The van der Waals surface area contributed by atoms with Gasteiger partial charge in [-0.25, -0.2) is 4.39 Å². The van der Waals surface area contributed by atoms with E-state index in [-0.39, 0.29) is 18.0 Å². The summed E-state index contributed by atoms with van der Waals surface area (Å²) in [6, 6.07) is 4.01. The van der Waals surface area contributed by atoms with Crippen molar-refractivity contribution in [3.05, 3.63) is 29.6 Å². The summed E-state index contributed by atoms with van der Waals surface area (Å²) in [5.74, 6) is -1.11. The molecule has 0 atom stereocenters. The van der Waals surface area contributed by atoms with Crippen LogP contribution in [0.2, 0.25) is 0 Å². The second kappa shape index (κ2) is 7.47. The average molecular weight is 282 g/mol. The van der Waals surface area contributed by atoms with Gasteiger partial charge in [-0.15, -0.1) is 0 Å². The molecule has 2 amide bonds. The van der Waals surface area contributed by atoms with Gasteiger partial charge < -0.3 is 15.0 Å². The summed E-state index contributed by atoms with van der Waals surface area (Å²) < 4.78 is 18.7. The lowest BCUT2D eigenvalue weighted by Crippen LogP contribution is -2.40. The minimum atomic E-state index is -0.663. The van der Waals surface area contributed by atoms with Crippen LogP contribution in [-0.4, -0.2) is 43.5 Å². The number of amides is 2. The van der Waals surface area contributed by atoms with E-state index in [9.17, 15) is 14.0 Å². The first kappa shape index (κ1) is 15.9. The molecule has 1 N–H and O–H groups in total. The summed E-state index contributed by atoms with van der Waals surface area (Å²) in [5, 5.41) is 2.60. The molecule has 0 saturated carbocycles. The molecule has 5 nitrogen and oxygen atoms in total. The summed E-state index contributed by atoms with van der Waals surface area (Å²) in [4.78, 5) is 25.0. The van der Waals surface area contributed by atoms with E-state index in [4.69, 9.17) is 4.74 Å². The highest BCUT2D eigenvalue weighted by Crippen LogP contribution is 2.17. The molecule has 1 rings (SSSR count). The highest BCUT2D eigenvalue weighted by atomic mass is 19.1. The smallest absolute Gasteiger partial charge is 0.257 e. The van der Waals surface area contributed by atoms with Crippen LogP contribution in [0.25, 0.3) is 0 Å². The molecule has 0 saturated heterocycles. The Labute approximate surface area is 117 Å². The molecule has 0 aliphatic heterocycles. The van der Waals surface area contributed by atoms with Gasteiger partial charge in [0.15, 0.2) is 0 Å². The maximum Gasteiger partial charge on any atom is 0.257 e. The highest BCUT2D eigenvalue weighted by molar-refractivity contribution is 5.96. The van der Waals surface area contributed by atoms with Crippen molar-refractivity contribution in [1.82, 2.24) is 10.2 Å². The lowest BCUT2D eigenvalue weighted by Gasteiger charge is -2.20. The molecule has 0 unspecified atom stereocenters. The van der Waals surface area contributed by atoms with E-state index in [2.05, 4.69) is 5.32 Å². The zero-order valence-corrected chi connectivity index (χ0v) is 11.9. The largest absolute Gasteiger partial charge is 0.497 e. The second-order valence-electron chi connectivity index (χ2n) is 4.12. The first-order valence-corrected chi connectivity index (χ1v) is 6.43. The predicted octanol–water partition coefficient (Wildman–Crippen LogP) is 1.43. The van der Waals surface area contributed by atoms with Gasteiger partial charge in [0, 0.05) is 19.2 Å². The monoisotopic (exact) mass is 282 g/mol. The number of benzene rings is 1. The number of rotatable bonds is 6.